The number of aromatic nitrogens is 1. The molecule has 0 atom stereocenters. The van der Waals surface area contributed by atoms with Crippen molar-refractivity contribution in [3.05, 3.63) is 131 Å². The maximum atomic E-state index is 12.7. The van der Waals surface area contributed by atoms with Gasteiger partial charge in [-0.05, 0) is 80.6 Å². The number of para-hydroxylation sites is 1. The average molecular weight is 575 g/mol. The van der Waals surface area contributed by atoms with Crippen LogP contribution in [0.4, 0.5) is 0 Å². The number of carbonyl (C=O) groups is 1. The van der Waals surface area contributed by atoms with Crippen LogP contribution in [0.25, 0.3) is 5.69 Å². The maximum Gasteiger partial charge on any atom is 0.307 e. The van der Waals surface area contributed by atoms with Crippen molar-refractivity contribution in [2.75, 3.05) is 7.11 Å². The van der Waals surface area contributed by atoms with Crippen LogP contribution in [0, 0.1) is 25.2 Å². The lowest BCUT2D eigenvalue weighted by Crippen LogP contribution is -2.17. The van der Waals surface area contributed by atoms with Crippen molar-refractivity contribution in [1.29, 1.82) is 5.26 Å². The average Bonchev–Trinajstić information content (AvgIpc) is 3.65. The fourth-order valence-electron chi connectivity index (χ4n) is 4.57. The number of ether oxygens (including phenoxy) is 3. The molecule has 0 radical (unpaired) electrons. The summed E-state index contributed by atoms with van der Waals surface area (Å²) in [6.07, 6.45) is 1.46. The summed E-state index contributed by atoms with van der Waals surface area (Å²) in [6, 6.07) is 29.9. The molecular weight excluding hydrogens is 544 g/mol. The number of carbonyl (C=O) groups excluding carboxylic acids is 1. The van der Waals surface area contributed by atoms with Gasteiger partial charge in [0, 0.05) is 28.2 Å². The van der Waals surface area contributed by atoms with Crippen LogP contribution in [0.5, 0.6) is 17.2 Å². The van der Waals surface area contributed by atoms with Crippen LogP contribution in [0.1, 0.15) is 44.4 Å². The van der Waals surface area contributed by atoms with Crippen LogP contribution in [-0.4, -0.2) is 23.8 Å². The number of rotatable bonds is 11. The molecule has 0 aliphatic carbocycles. The molecule has 3 aromatic carbocycles. The third-order valence-corrected chi connectivity index (χ3v) is 6.74. The predicted octanol–water partition coefficient (Wildman–Crippen LogP) is 6.49. The molecular formula is C34H30N4O5. The van der Waals surface area contributed by atoms with Gasteiger partial charge < -0.3 is 23.2 Å². The number of hydrogen-bond acceptors (Lipinski definition) is 7. The first-order chi connectivity index (χ1) is 21.0. The molecule has 2 aromatic heterocycles. The molecule has 216 valence electrons. The summed E-state index contributed by atoms with van der Waals surface area (Å²) < 4.78 is 25.2. The fraction of sp³-hybridized carbons (Fsp3) is 0.147. The number of nitrogens with one attached hydrogen (secondary N) is 1. The first kappa shape index (κ1) is 28.8. The highest BCUT2D eigenvalue weighted by molar-refractivity contribution is 5.93. The largest absolute Gasteiger partial charge is 0.493 e. The van der Waals surface area contributed by atoms with E-state index in [1.165, 1.54) is 13.3 Å². The van der Waals surface area contributed by atoms with Crippen LogP contribution in [0.3, 0.4) is 0 Å². The number of amides is 1. The SMILES string of the molecule is COc1cccc(C=NNC(=O)c2ccc(COc3ccc(-n4c(C)ccc4C)cc3)o2)c1OCc1ccccc1C#N. The van der Waals surface area contributed by atoms with Crippen LogP contribution < -0.4 is 19.6 Å². The van der Waals surface area contributed by atoms with Gasteiger partial charge in [0.15, 0.2) is 17.3 Å². The highest BCUT2D eigenvalue weighted by atomic mass is 16.5. The molecule has 2 heterocycles. The topological polar surface area (TPSA) is 111 Å². The fourth-order valence-corrected chi connectivity index (χ4v) is 4.57. The molecule has 0 saturated heterocycles. The molecule has 5 aromatic rings. The minimum Gasteiger partial charge on any atom is -0.493 e. The van der Waals surface area contributed by atoms with E-state index >= 15 is 0 Å². The molecule has 5 rings (SSSR count). The summed E-state index contributed by atoms with van der Waals surface area (Å²) in [6.45, 7) is 4.46. The summed E-state index contributed by atoms with van der Waals surface area (Å²) in [7, 11) is 1.53. The van der Waals surface area contributed by atoms with Gasteiger partial charge in [-0.3, -0.25) is 4.79 Å². The second-order valence-electron chi connectivity index (χ2n) is 9.64. The number of furan rings is 1. The third-order valence-electron chi connectivity index (χ3n) is 6.74. The van der Waals surface area contributed by atoms with Gasteiger partial charge in [-0.15, -0.1) is 0 Å². The molecule has 1 amide bonds. The standard InChI is InChI=1S/C34H30N4O5/c1-23-11-12-24(2)38(23)28-13-15-29(16-14-28)41-22-30-17-18-32(43-30)34(39)37-36-20-26-9-6-10-31(40-3)33(26)42-21-27-8-5-4-7-25(27)19-35/h4-18,20H,21-22H2,1-3H3,(H,37,39). The number of hydrogen-bond donors (Lipinski definition) is 1. The van der Waals surface area contributed by atoms with Crippen LogP contribution in [-0.2, 0) is 13.2 Å². The minimum atomic E-state index is -0.516. The van der Waals surface area contributed by atoms with Crippen LogP contribution >= 0.6 is 0 Å². The van der Waals surface area contributed by atoms with Crippen LogP contribution in [0.2, 0.25) is 0 Å². The normalized spacial score (nSPS) is 10.8. The Kier molecular flexibility index (Phi) is 8.88. The van der Waals surface area contributed by atoms with Gasteiger partial charge in [0.1, 0.15) is 24.7 Å². The Hall–Kier alpha value is -5.75. The zero-order valence-electron chi connectivity index (χ0n) is 24.0. The smallest absolute Gasteiger partial charge is 0.307 e. The Morgan fingerprint density at radius 2 is 1.70 bits per heavy atom. The zero-order valence-corrected chi connectivity index (χ0v) is 24.0. The van der Waals surface area contributed by atoms with E-state index in [1.807, 2.05) is 36.4 Å². The molecule has 0 aliphatic rings. The van der Waals surface area contributed by atoms with E-state index in [0.29, 0.717) is 34.1 Å². The molecule has 9 nitrogen and oxygen atoms in total. The Morgan fingerprint density at radius 3 is 2.44 bits per heavy atom. The molecule has 0 aliphatic heterocycles. The van der Waals surface area contributed by atoms with Crippen molar-refractivity contribution < 1.29 is 23.4 Å². The lowest BCUT2D eigenvalue weighted by atomic mass is 10.1. The molecule has 43 heavy (non-hydrogen) atoms. The second-order valence-corrected chi connectivity index (χ2v) is 9.64. The Labute approximate surface area is 249 Å². The zero-order chi connectivity index (χ0) is 30.2. The summed E-state index contributed by atoms with van der Waals surface area (Å²) in [5, 5.41) is 13.4. The molecule has 9 heteroatoms. The highest BCUT2D eigenvalue weighted by Crippen LogP contribution is 2.31. The quantitative estimate of drug-likeness (QED) is 0.143. The molecule has 0 saturated carbocycles. The number of aryl methyl sites for hydroxylation is 2. The molecule has 1 N–H and O–H groups in total. The van der Waals surface area contributed by atoms with Gasteiger partial charge in [-0.1, -0.05) is 24.3 Å². The predicted molar refractivity (Wildman–Crippen MR) is 162 cm³/mol. The molecule has 0 spiro atoms. The van der Waals surface area contributed by atoms with Crippen LogP contribution in [0.15, 0.2) is 101 Å². The Morgan fingerprint density at radius 1 is 0.930 bits per heavy atom. The lowest BCUT2D eigenvalue weighted by Gasteiger charge is -2.13. The van der Waals surface area contributed by atoms with E-state index < -0.39 is 5.91 Å². The van der Waals surface area contributed by atoms with E-state index in [0.717, 1.165) is 22.6 Å². The summed E-state index contributed by atoms with van der Waals surface area (Å²) in [5.74, 6) is 1.68. The summed E-state index contributed by atoms with van der Waals surface area (Å²) >= 11 is 0. The first-order valence-electron chi connectivity index (χ1n) is 13.5. The maximum absolute atomic E-state index is 12.7. The van der Waals surface area contributed by atoms with Crippen molar-refractivity contribution in [2.45, 2.75) is 27.1 Å². The van der Waals surface area contributed by atoms with Crippen molar-refractivity contribution in [3.8, 4) is 29.0 Å². The monoisotopic (exact) mass is 574 g/mol. The van der Waals surface area contributed by atoms with Gasteiger partial charge >= 0.3 is 5.91 Å². The highest BCUT2D eigenvalue weighted by Gasteiger charge is 2.13. The summed E-state index contributed by atoms with van der Waals surface area (Å²) in [4.78, 5) is 12.7. The first-order valence-corrected chi connectivity index (χ1v) is 13.5. The number of hydrazone groups is 1. The third kappa shape index (κ3) is 6.77. The molecule has 0 bridgehead atoms. The number of methoxy groups -OCH3 is 1. The van der Waals surface area contributed by atoms with E-state index in [4.69, 9.17) is 18.6 Å². The number of nitrogens with zero attached hydrogens (tertiary/aromatic N) is 3. The lowest BCUT2D eigenvalue weighted by molar-refractivity contribution is 0.0923. The van der Waals surface area contributed by atoms with Crippen molar-refractivity contribution in [1.82, 2.24) is 9.99 Å². The minimum absolute atomic E-state index is 0.0971. The van der Waals surface area contributed by atoms with Gasteiger partial charge in [-0.25, -0.2) is 5.43 Å². The summed E-state index contributed by atoms with van der Waals surface area (Å²) in [5.41, 5.74) is 7.70. The van der Waals surface area contributed by atoms with Crippen molar-refractivity contribution >= 4 is 12.1 Å². The van der Waals surface area contributed by atoms with E-state index in [9.17, 15) is 10.1 Å². The second kappa shape index (κ2) is 13.3. The van der Waals surface area contributed by atoms with Gasteiger partial charge in [0.25, 0.3) is 0 Å². The van der Waals surface area contributed by atoms with Crippen molar-refractivity contribution in [2.24, 2.45) is 5.10 Å². The number of nitriles is 1. The molecule has 0 fully saturated rings. The number of benzene rings is 3. The van der Waals surface area contributed by atoms with E-state index in [1.54, 1.807) is 42.5 Å². The van der Waals surface area contributed by atoms with E-state index in [2.05, 4.69) is 47.1 Å². The van der Waals surface area contributed by atoms with Gasteiger partial charge in [0.2, 0.25) is 0 Å². The van der Waals surface area contributed by atoms with Crippen molar-refractivity contribution in [3.63, 3.8) is 0 Å². The Balaban J connectivity index is 1.18. The van der Waals surface area contributed by atoms with E-state index in [-0.39, 0.29) is 19.0 Å². The van der Waals surface area contributed by atoms with Gasteiger partial charge in [0.05, 0.1) is 25.0 Å². The Bertz CT molecular complexity index is 1770. The molecule has 0 unspecified atom stereocenters. The van der Waals surface area contributed by atoms with Gasteiger partial charge in [-0.2, -0.15) is 10.4 Å².